The van der Waals surface area contributed by atoms with Gasteiger partial charge >= 0.3 is 12.1 Å². The monoisotopic (exact) mass is 532 g/mol. The number of alkyl halides is 3. The lowest BCUT2D eigenvalue weighted by atomic mass is 10.1. The number of likely N-dealkylation sites (tertiary alicyclic amines) is 1. The maximum Gasteiger partial charge on any atom is 0.432 e. The Bertz CT molecular complexity index is 1320. The lowest BCUT2D eigenvalue weighted by Crippen LogP contribution is -2.27. The van der Waals surface area contributed by atoms with Crippen molar-refractivity contribution in [3.63, 3.8) is 0 Å². The Kier molecular flexibility index (Phi) is 8.38. The van der Waals surface area contributed by atoms with E-state index in [9.17, 15) is 18.0 Å². The first-order valence-electron chi connectivity index (χ1n) is 11.4. The van der Waals surface area contributed by atoms with Crippen molar-refractivity contribution in [3.8, 4) is 29.0 Å². The largest absolute Gasteiger partial charge is 0.490 e. The Morgan fingerprint density at radius 1 is 1.30 bits per heavy atom. The molecule has 2 heterocycles. The van der Waals surface area contributed by atoms with Gasteiger partial charge in [-0.3, -0.25) is 9.69 Å². The van der Waals surface area contributed by atoms with Crippen LogP contribution in [0.4, 0.5) is 18.9 Å². The molecule has 1 amide bonds. The predicted molar refractivity (Wildman–Crippen MR) is 133 cm³/mol. The molecule has 0 spiro atoms. The molecule has 2 N–H and O–H groups in total. The predicted octanol–water partition coefficient (Wildman–Crippen LogP) is 4.84. The summed E-state index contributed by atoms with van der Waals surface area (Å²) < 4.78 is 50.3. The lowest BCUT2D eigenvalue weighted by molar-refractivity contribution is -0.140. The van der Waals surface area contributed by atoms with Crippen LogP contribution in [0.1, 0.15) is 17.7 Å². The molecule has 4 rings (SSSR count). The Balaban J connectivity index is 1.52. The molecule has 2 aromatic carbocycles. The number of imidazole rings is 1. The molecule has 0 aliphatic carbocycles. The van der Waals surface area contributed by atoms with E-state index in [1.54, 1.807) is 43.5 Å². The highest BCUT2D eigenvalue weighted by Crippen LogP contribution is 2.33. The molecule has 11 heteroatoms. The average Bonchev–Trinajstić information content (AvgIpc) is 3.54. The number of nitrogens with zero attached hydrogens (tertiary/aromatic N) is 2. The van der Waals surface area contributed by atoms with Crippen LogP contribution in [-0.4, -0.2) is 60.2 Å². The summed E-state index contributed by atoms with van der Waals surface area (Å²) in [6.45, 7) is 2.69. The van der Waals surface area contributed by atoms with Gasteiger partial charge in [-0.05, 0) is 42.8 Å². The highest BCUT2D eigenvalue weighted by atomic mass is 35.5. The van der Waals surface area contributed by atoms with E-state index >= 15 is 0 Å². The number of carbonyl (C=O) groups is 1. The number of ether oxygens (including phenoxy) is 2. The standard InChI is InChI=1S/C26H24ClF3N4O3/c1-36-20-9-10-34(16-20)11-12-37-22-7-6-18(25-31-15-23(33-25)26(28,29)30)14-21(22)32-24(35)8-5-17-3-2-4-19(27)13-17/h2-4,6-7,13-15,20H,9-12,16H2,1H3,(H,31,33)(H,32,35). The number of anilines is 1. The fraction of sp³-hybridized carbons (Fsp3) is 0.308. The number of benzene rings is 2. The minimum atomic E-state index is -4.56. The van der Waals surface area contributed by atoms with Gasteiger partial charge in [0, 0.05) is 48.8 Å². The Morgan fingerprint density at radius 2 is 2.14 bits per heavy atom. The topological polar surface area (TPSA) is 79.5 Å². The van der Waals surface area contributed by atoms with E-state index in [1.807, 2.05) is 0 Å². The second-order valence-corrected chi connectivity index (χ2v) is 8.80. The third-order valence-electron chi connectivity index (χ3n) is 5.75. The summed E-state index contributed by atoms with van der Waals surface area (Å²) in [7, 11) is 1.69. The molecule has 1 fully saturated rings. The molecule has 1 atom stereocenters. The third kappa shape index (κ3) is 7.26. The van der Waals surface area contributed by atoms with Gasteiger partial charge in [0.15, 0.2) is 0 Å². The smallest absolute Gasteiger partial charge is 0.432 e. The van der Waals surface area contributed by atoms with E-state index in [-0.39, 0.29) is 17.6 Å². The van der Waals surface area contributed by atoms with Gasteiger partial charge in [-0.2, -0.15) is 13.2 Å². The van der Waals surface area contributed by atoms with Crippen LogP contribution in [0.25, 0.3) is 11.4 Å². The summed E-state index contributed by atoms with van der Waals surface area (Å²) in [5.74, 6) is 4.95. The maximum atomic E-state index is 13.0. The van der Waals surface area contributed by atoms with E-state index in [1.165, 1.54) is 6.07 Å². The summed E-state index contributed by atoms with van der Waals surface area (Å²) in [6, 6.07) is 11.4. The van der Waals surface area contributed by atoms with Crippen molar-refractivity contribution in [2.24, 2.45) is 0 Å². The van der Waals surface area contributed by atoms with Crippen LogP contribution in [0.3, 0.4) is 0 Å². The van der Waals surface area contributed by atoms with Gasteiger partial charge in [0.1, 0.15) is 23.9 Å². The number of methoxy groups -OCH3 is 1. The van der Waals surface area contributed by atoms with Gasteiger partial charge in [0.2, 0.25) is 0 Å². The zero-order chi connectivity index (χ0) is 26.4. The number of rotatable bonds is 7. The second-order valence-electron chi connectivity index (χ2n) is 8.36. The van der Waals surface area contributed by atoms with Crippen LogP contribution in [0.15, 0.2) is 48.7 Å². The van der Waals surface area contributed by atoms with E-state index in [0.717, 1.165) is 25.7 Å². The van der Waals surface area contributed by atoms with Crippen molar-refractivity contribution in [1.82, 2.24) is 14.9 Å². The number of hydrogen-bond donors (Lipinski definition) is 2. The summed E-state index contributed by atoms with van der Waals surface area (Å²) in [5, 5.41) is 3.16. The van der Waals surface area contributed by atoms with E-state index < -0.39 is 17.8 Å². The third-order valence-corrected chi connectivity index (χ3v) is 5.99. The molecule has 194 valence electrons. The highest BCUT2D eigenvalue weighted by Gasteiger charge is 2.33. The molecule has 1 aliphatic rings. The van der Waals surface area contributed by atoms with Crippen LogP contribution in [-0.2, 0) is 15.7 Å². The molecule has 3 aromatic rings. The quantitative estimate of drug-likeness (QED) is 0.426. The number of aromatic amines is 1. The zero-order valence-electron chi connectivity index (χ0n) is 19.9. The molecule has 1 saturated heterocycles. The van der Waals surface area contributed by atoms with Crippen molar-refractivity contribution in [1.29, 1.82) is 0 Å². The molecule has 1 aromatic heterocycles. The molecule has 0 radical (unpaired) electrons. The van der Waals surface area contributed by atoms with E-state index in [2.05, 4.69) is 32.0 Å². The van der Waals surface area contributed by atoms with Crippen LogP contribution in [0, 0.1) is 11.8 Å². The SMILES string of the molecule is COC1CCN(CCOc2ccc(-c3ncc(C(F)(F)F)[nH]3)cc2NC(=O)C#Cc2cccc(Cl)c2)C1. The maximum absolute atomic E-state index is 13.0. The fourth-order valence-electron chi connectivity index (χ4n) is 3.84. The van der Waals surface area contributed by atoms with Crippen molar-refractivity contribution in [3.05, 3.63) is 64.9 Å². The van der Waals surface area contributed by atoms with E-state index in [4.69, 9.17) is 21.1 Å². The van der Waals surface area contributed by atoms with E-state index in [0.29, 0.717) is 35.1 Å². The van der Waals surface area contributed by atoms with Gasteiger partial charge in [-0.25, -0.2) is 4.98 Å². The minimum Gasteiger partial charge on any atom is -0.490 e. The highest BCUT2D eigenvalue weighted by molar-refractivity contribution is 6.30. The van der Waals surface area contributed by atoms with Crippen molar-refractivity contribution >= 4 is 23.2 Å². The number of H-pyrrole nitrogens is 1. The van der Waals surface area contributed by atoms with Gasteiger partial charge < -0.3 is 19.8 Å². The van der Waals surface area contributed by atoms with Crippen molar-refractivity contribution in [2.75, 3.05) is 38.7 Å². The van der Waals surface area contributed by atoms with Crippen molar-refractivity contribution < 1.29 is 27.4 Å². The fourth-order valence-corrected chi connectivity index (χ4v) is 4.03. The molecule has 1 aliphatic heterocycles. The second kappa shape index (κ2) is 11.7. The summed E-state index contributed by atoms with van der Waals surface area (Å²) >= 11 is 5.95. The van der Waals surface area contributed by atoms with Gasteiger partial charge in [-0.1, -0.05) is 23.6 Å². The summed E-state index contributed by atoms with van der Waals surface area (Å²) in [4.78, 5) is 20.9. The zero-order valence-corrected chi connectivity index (χ0v) is 20.6. The molecule has 0 saturated carbocycles. The average molecular weight is 533 g/mol. The molecule has 7 nitrogen and oxygen atoms in total. The van der Waals surface area contributed by atoms with Gasteiger partial charge in [0.05, 0.1) is 18.0 Å². The van der Waals surface area contributed by atoms with Gasteiger partial charge in [-0.15, -0.1) is 0 Å². The molecule has 37 heavy (non-hydrogen) atoms. The molecule has 1 unspecified atom stereocenters. The number of hydrogen-bond acceptors (Lipinski definition) is 5. The normalized spacial score (nSPS) is 15.8. The Labute approximate surface area is 216 Å². The Morgan fingerprint density at radius 3 is 2.84 bits per heavy atom. The molecular weight excluding hydrogens is 509 g/mol. The van der Waals surface area contributed by atoms with Crippen LogP contribution in [0.2, 0.25) is 5.02 Å². The Hall–Kier alpha value is -3.52. The lowest BCUT2D eigenvalue weighted by Gasteiger charge is -2.17. The van der Waals surface area contributed by atoms with Crippen LogP contribution in [0.5, 0.6) is 5.75 Å². The first-order chi connectivity index (χ1) is 17.7. The number of aromatic nitrogens is 2. The number of nitrogens with one attached hydrogen (secondary N) is 2. The number of amides is 1. The summed E-state index contributed by atoms with van der Waals surface area (Å²) in [5.41, 5.74) is 0.177. The van der Waals surface area contributed by atoms with Crippen molar-refractivity contribution in [2.45, 2.75) is 18.7 Å². The first-order valence-corrected chi connectivity index (χ1v) is 11.8. The van der Waals surface area contributed by atoms with Crippen LogP contribution < -0.4 is 10.1 Å². The van der Waals surface area contributed by atoms with Gasteiger partial charge in [0.25, 0.3) is 0 Å². The molecular formula is C26H24ClF3N4O3. The number of halogens is 4. The minimum absolute atomic E-state index is 0.00191. The molecule has 0 bridgehead atoms. The summed E-state index contributed by atoms with van der Waals surface area (Å²) in [6.07, 6.45) is -2.70. The van der Waals surface area contributed by atoms with Crippen LogP contribution >= 0.6 is 11.6 Å². The first kappa shape index (κ1) is 26.5. The number of carbonyl (C=O) groups excluding carboxylic acids is 1.